The van der Waals surface area contributed by atoms with Crippen molar-refractivity contribution in [1.29, 1.82) is 0 Å². The van der Waals surface area contributed by atoms with E-state index in [4.69, 9.17) is 4.74 Å². The lowest BCUT2D eigenvalue weighted by Gasteiger charge is -2.14. The summed E-state index contributed by atoms with van der Waals surface area (Å²) < 4.78 is 5.20. The highest BCUT2D eigenvalue weighted by Crippen LogP contribution is 2.23. The van der Waals surface area contributed by atoms with Gasteiger partial charge in [-0.25, -0.2) is 4.79 Å². The van der Waals surface area contributed by atoms with Crippen LogP contribution in [-0.2, 0) is 9.53 Å². The molecule has 0 fully saturated rings. The van der Waals surface area contributed by atoms with Gasteiger partial charge in [0.15, 0.2) is 6.10 Å². The third kappa shape index (κ3) is 3.41. The molecule has 3 aromatic rings. The number of benzene rings is 2. The number of esters is 1. The first kappa shape index (κ1) is 15.7. The number of anilines is 1. The molecule has 120 valence electrons. The number of nitrogens with one attached hydrogen (secondary N) is 1. The molecule has 5 nitrogen and oxygen atoms in total. The molecule has 1 atom stereocenters. The highest BCUT2D eigenvalue weighted by molar-refractivity contribution is 6.04. The number of hydrogen-bond acceptors (Lipinski definition) is 4. The Morgan fingerprint density at radius 1 is 1.00 bits per heavy atom. The predicted octanol–water partition coefficient (Wildman–Crippen LogP) is 3.42. The Morgan fingerprint density at radius 2 is 1.71 bits per heavy atom. The van der Waals surface area contributed by atoms with Crippen molar-refractivity contribution in [2.75, 3.05) is 5.32 Å². The molecule has 3 rings (SSSR count). The molecule has 0 aliphatic heterocycles. The first-order chi connectivity index (χ1) is 11.6. The van der Waals surface area contributed by atoms with E-state index < -0.39 is 12.1 Å². The Balaban J connectivity index is 1.71. The minimum Gasteiger partial charge on any atom is -0.449 e. The van der Waals surface area contributed by atoms with Crippen molar-refractivity contribution in [3.63, 3.8) is 0 Å². The van der Waals surface area contributed by atoms with Crippen molar-refractivity contribution in [3.8, 4) is 0 Å². The van der Waals surface area contributed by atoms with E-state index in [0.29, 0.717) is 11.3 Å². The quantitative estimate of drug-likeness (QED) is 0.748. The SMILES string of the molecule is C[C@@H](OC(=O)c1ccncc1)C(=O)Nc1cccc2ccccc12. The van der Waals surface area contributed by atoms with Crippen LogP contribution in [0.1, 0.15) is 17.3 Å². The Hall–Kier alpha value is -3.21. The summed E-state index contributed by atoms with van der Waals surface area (Å²) in [7, 11) is 0. The number of carbonyl (C=O) groups excluding carboxylic acids is 2. The standard InChI is InChI=1S/C19H16N2O3/c1-13(24-19(23)15-9-11-20-12-10-15)18(22)21-17-8-4-6-14-5-2-3-7-16(14)17/h2-13H,1H3,(H,21,22)/t13-/m1/s1. The van der Waals surface area contributed by atoms with Gasteiger partial charge in [0.05, 0.1) is 5.56 Å². The number of aromatic nitrogens is 1. The topological polar surface area (TPSA) is 68.3 Å². The molecular weight excluding hydrogens is 304 g/mol. The molecule has 5 heteroatoms. The monoisotopic (exact) mass is 320 g/mol. The fraction of sp³-hybridized carbons (Fsp3) is 0.105. The van der Waals surface area contributed by atoms with Crippen LogP contribution in [0.4, 0.5) is 5.69 Å². The summed E-state index contributed by atoms with van der Waals surface area (Å²) in [5, 5.41) is 4.77. The van der Waals surface area contributed by atoms with Gasteiger partial charge in [0.1, 0.15) is 0 Å². The van der Waals surface area contributed by atoms with Crippen molar-refractivity contribution in [3.05, 3.63) is 72.6 Å². The fourth-order valence-electron chi connectivity index (χ4n) is 2.34. The Labute approximate surface area is 139 Å². The second-order valence-electron chi connectivity index (χ2n) is 5.30. The lowest BCUT2D eigenvalue weighted by Crippen LogP contribution is -2.30. The van der Waals surface area contributed by atoms with Gasteiger partial charge >= 0.3 is 5.97 Å². The third-order valence-electron chi connectivity index (χ3n) is 3.62. The normalized spacial score (nSPS) is 11.7. The summed E-state index contributed by atoms with van der Waals surface area (Å²) in [6, 6.07) is 16.5. The number of carbonyl (C=O) groups is 2. The van der Waals surface area contributed by atoms with E-state index in [1.807, 2.05) is 42.5 Å². The van der Waals surface area contributed by atoms with Crippen LogP contribution in [0.15, 0.2) is 67.0 Å². The number of hydrogen-bond donors (Lipinski definition) is 1. The Kier molecular flexibility index (Phi) is 4.52. The van der Waals surface area contributed by atoms with Gasteiger partial charge in [-0.1, -0.05) is 36.4 Å². The number of fused-ring (bicyclic) bond motifs is 1. The van der Waals surface area contributed by atoms with Crippen LogP contribution < -0.4 is 5.32 Å². The molecule has 1 N–H and O–H groups in total. The first-order valence-electron chi connectivity index (χ1n) is 7.55. The molecule has 24 heavy (non-hydrogen) atoms. The van der Waals surface area contributed by atoms with E-state index in [1.165, 1.54) is 24.5 Å². The minimum atomic E-state index is -0.912. The van der Waals surface area contributed by atoms with Crippen molar-refractivity contribution >= 4 is 28.3 Å². The molecule has 1 amide bonds. The van der Waals surface area contributed by atoms with Gasteiger partial charge < -0.3 is 10.1 Å². The summed E-state index contributed by atoms with van der Waals surface area (Å²) in [6.07, 6.45) is 2.08. The summed E-state index contributed by atoms with van der Waals surface area (Å²) in [5.74, 6) is -0.938. The molecule has 2 aromatic carbocycles. The highest BCUT2D eigenvalue weighted by atomic mass is 16.5. The van der Waals surface area contributed by atoms with Crippen molar-refractivity contribution in [2.45, 2.75) is 13.0 Å². The highest BCUT2D eigenvalue weighted by Gasteiger charge is 2.19. The van der Waals surface area contributed by atoms with Crippen LogP contribution in [0.5, 0.6) is 0 Å². The molecule has 0 radical (unpaired) electrons. The average molecular weight is 320 g/mol. The van der Waals surface area contributed by atoms with Crippen LogP contribution >= 0.6 is 0 Å². The predicted molar refractivity (Wildman–Crippen MR) is 91.7 cm³/mol. The lowest BCUT2D eigenvalue weighted by molar-refractivity contribution is -0.123. The molecule has 0 spiro atoms. The number of ether oxygens (including phenoxy) is 1. The van der Waals surface area contributed by atoms with Crippen molar-refractivity contribution in [1.82, 2.24) is 4.98 Å². The lowest BCUT2D eigenvalue weighted by atomic mass is 10.1. The second-order valence-corrected chi connectivity index (χ2v) is 5.30. The van der Waals surface area contributed by atoms with Gasteiger partial charge in [-0.3, -0.25) is 9.78 Å². The van der Waals surface area contributed by atoms with Crippen molar-refractivity contribution in [2.24, 2.45) is 0 Å². The molecule has 1 aromatic heterocycles. The summed E-state index contributed by atoms with van der Waals surface area (Å²) >= 11 is 0. The molecular formula is C19H16N2O3. The zero-order chi connectivity index (χ0) is 16.9. The van der Waals surface area contributed by atoms with E-state index in [2.05, 4.69) is 10.3 Å². The molecule has 0 saturated carbocycles. The third-order valence-corrected chi connectivity index (χ3v) is 3.62. The van der Waals surface area contributed by atoms with Gasteiger partial charge in [0.2, 0.25) is 0 Å². The van der Waals surface area contributed by atoms with Gasteiger partial charge in [0, 0.05) is 23.5 Å². The maximum atomic E-state index is 12.3. The van der Waals surface area contributed by atoms with E-state index in [-0.39, 0.29) is 5.91 Å². The molecule has 1 heterocycles. The van der Waals surface area contributed by atoms with Crippen LogP contribution in [0.2, 0.25) is 0 Å². The van der Waals surface area contributed by atoms with Crippen LogP contribution in [0.25, 0.3) is 10.8 Å². The van der Waals surface area contributed by atoms with Gasteiger partial charge in [0.25, 0.3) is 5.91 Å². The fourth-order valence-corrected chi connectivity index (χ4v) is 2.34. The number of amides is 1. The second kappa shape index (κ2) is 6.91. The molecule has 0 aliphatic carbocycles. The Morgan fingerprint density at radius 3 is 2.50 bits per heavy atom. The maximum Gasteiger partial charge on any atom is 0.339 e. The van der Waals surface area contributed by atoms with E-state index in [1.54, 1.807) is 6.92 Å². The molecule has 0 bridgehead atoms. The van der Waals surface area contributed by atoms with Crippen molar-refractivity contribution < 1.29 is 14.3 Å². The van der Waals surface area contributed by atoms with Crippen LogP contribution in [-0.4, -0.2) is 23.0 Å². The maximum absolute atomic E-state index is 12.3. The zero-order valence-corrected chi connectivity index (χ0v) is 13.1. The Bertz CT molecular complexity index is 873. The molecule has 0 saturated heterocycles. The van der Waals surface area contributed by atoms with E-state index >= 15 is 0 Å². The molecule has 0 unspecified atom stereocenters. The number of nitrogens with zero attached hydrogens (tertiary/aromatic N) is 1. The summed E-state index contributed by atoms with van der Waals surface area (Å²) in [5.41, 5.74) is 1.04. The average Bonchev–Trinajstić information content (AvgIpc) is 2.62. The summed E-state index contributed by atoms with van der Waals surface area (Å²) in [4.78, 5) is 28.2. The van der Waals surface area contributed by atoms with E-state index in [0.717, 1.165) is 10.8 Å². The van der Waals surface area contributed by atoms with E-state index in [9.17, 15) is 9.59 Å². The smallest absolute Gasteiger partial charge is 0.339 e. The number of rotatable bonds is 4. The van der Waals surface area contributed by atoms with Crippen LogP contribution in [0.3, 0.4) is 0 Å². The minimum absolute atomic E-state index is 0.356. The van der Waals surface area contributed by atoms with Gasteiger partial charge in [-0.15, -0.1) is 0 Å². The largest absolute Gasteiger partial charge is 0.449 e. The molecule has 0 aliphatic rings. The van der Waals surface area contributed by atoms with Crippen LogP contribution in [0, 0.1) is 0 Å². The number of pyridine rings is 1. The zero-order valence-electron chi connectivity index (χ0n) is 13.1. The first-order valence-corrected chi connectivity index (χ1v) is 7.55. The summed E-state index contributed by atoms with van der Waals surface area (Å²) in [6.45, 7) is 1.54. The van der Waals surface area contributed by atoms with Gasteiger partial charge in [-0.2, -0.15) is 0 Å². The van der Waals surface area contributed by atoms with Gasteiger partial charge in [-0.05, 0) is 30.5 Å².